The Bertz CT molecular complexity index is 1490. The normalized spacial score (nSPS) is 31.0. The van der Waals surface area contributed by atoms with Gasteiger partial charge in [-0.2, -0.15) is 0 Å². The van der Waals surface area contributed by atoms with E-state index < -0.39 is 120 Å². The van der Waals surface area contributed by atoms with Crippen molar-refractivity contribution in [3.8, 4) is 0 Å². The average Bonchev–Trinajstić information content (AvgIpc) is 3.25. The summed E-state index contributed by atoms with van der Waals surface area (Å²) in [5.74, 6) is -5.44. The Morgan fingerprint density at radius 2 is 1.38 bits per heavy atom. The van der Waals surface area contributed by atoms with Gasteiger partial charge < -0.3 is 54.8 Å². The van der Waals surface area contributed by atoms with Crippen molar-refractivity contribution < 1.29 is 91.9 Å². The fourth-order valence-corrected chi connectivity index (χ4v) is 9.87. The summed E-state index contributed by atoms with van der Waals surface area (Å²) in [6.07, 6.45) is 0.0795. The van der Waals surface area contributed by atoms with Gasteiger partial charge in [-0.25, -0.2) is 9.13 Å². The summed E-state index contributed by atoms with van der Waals surface area (Å²) in [5.41, 5.74) is 0. The molecule has 1 unspecified atom stereocenters. The molecule has 12 atom stereocenters. The third-order valence-electron chi connectivity index (χ3n) is 12.2. The van der Waals surface area contributed by atoms with Gasteiger partial charge in [-0.3, -0.25) is 28.0 Å². The zero-order valence-electron chi connectivity index (χ0n) is 39.1. The number of carbonyl (C=O) groups excluding carboxylic acids is 3. The number of phosphoric acid groups is 2. The summed E-state index contributed by atoms with van der Waals surface area (Å²) in [5, 5.41) is 68.1. The lowest BCUT2D eigenvalue weighted by Gasteiger charge is -2.38. The number of unbranched alkanes of at least 4 members (excludes halogenated alkanes) is 14. The van der Waals surface area contributed by atoms with Crippen molar-refractivity contribution in [2.45, 2.75) is 229 Å². The van der Waals surface area contributed by atoms with E-state index in [9.17, 15) is 68.8 Å². The summed E-state index contributed by atoms with van der Waals surface area (Å²) in [4.78, 5) is 70.3. The van der Waals surface area contributed by atoms with Crippen LogP contribution in [-0.4, -0.2) is 131 Å². The smallest absolute Gasteiger partial charge is 0.462 e. The zero-order valence-corrected chi connectivity index (χ0v) is 40.9. The molecule has 21 heteroatoms. The molecule has 9 N–H and O–H groups in total. The molecule has 2 rings (SSSR count). The number of carbonyl (C=O) groups is 3. The molecule has 1 saturated heterocycles. The minimum Gasteiger partial charge on any atom is -0.462 e. The first-order valence-corrected chi connectivity index (χ1v) is 27.4. The van der Waals surface area contributed by atoms with E-state index in [-0.39, 0.29) is 32.1 Å². The van der Waals surface area contributed by atoms with E-state index in [0.29, 0.717) is 32.1 Å². The molecule has 386 valence electrons. The van der Waals surface area contributed by atoms with Crippen LogP contribution < -0.4 is 0 Å². The second kappa shape index (κ2) is 33.0. The monoisotopic (exact) mass is 988 g/mol. The first-order valence-electron chi connectivity index (χ1n) is 24.3. The lowest BCUT2D eigenvalue weighted by molar-refractivity contribution is -0.165. The highest BCUT2D eigenvalue weighted by atomic mass is 31.2. The van der Waals surface area contributed by atoms with Crippen molar-refractivity contribution in [3.63, 3.8) is 0 Å². The van der Waals surface area contributed by atoms with Crippen LogP contribution in [0.5, 0.6) is 0 Å². The van der Waals surface area contributed by atoms with E-state index in [1.807, 2.05) is 6.92 Å². The van der Waals surface area contributed by atoms with Crippen LogP contribution in [0.1, 0.15) is 174 Å². The van der Waals surface area contributed by atoms with Crippen LogP contribution in [0.4, 0.5) is 0 Å². The number of ether oxygens (including phenoxy) is 2. The molecule has 1 aliphatic heterocycles. The average molecular weight is 989 g/mol. The minimum atomic E-state index is -5.77. The molecule has 2 fully saturated rings. The molecule has 1 aliphatic carbocycles. The predicted octanol–water partition coefficient (Wildman–Crippen LogP) is 5.76. The Hall–Kier alpha value is -1.67. The van der Waals surface area contributed by atoms with Gasteiger partial charge in [0.15, 0.2) is 6.10 Å². The van der Waals surface area contributed by atoms with Crippen molar-refractivity contribution >= 4 is 33.4 Å². The van der Waals surface area contributed by atoms with Crippen LogP contribution in [0, 0.1) is 11.8 Å². The maximum absolute atomic E-state index is 13.7. The van der Waals surface area contributed by atoms with Gasteiger partial charge >= 0.3 is 27.6 Å². The van der Waals surface area contributed by atoms with Gasteiger partial charge in [-0.1, -0.05) is 142 Å². The van der Waals surface area contributed by atoms with E-state index in [2.05, 4.69) is 6.92 Å². The van der Waals surface area contributed by atoms with Crippen LogP contribution >= 0.6 is 15.6 Å². The topological polar surface area (TPSA) is 314 Å². The first-order chi connectivity index (χ1) is 31.3. The zero-order chi connectivity index (χ0) is 49.1. The molecular formula is C45H82O19P2. The lowest BCUT2D eigenvalue weighted by atomic mass is 9.83. The van der Waals surface area contributed by atoms with Gasteiger partial charge in [0.05, 0.1) is 31.0 Å². The summed E-state index contributed by atoms with van der Waals surface area (Å²) in [7, 11) is -11.4. The van der Waals surface area contributed by atoms with E-state index >= 15 is 0 Å². The van der Waals surface area contributed by atoms with Gasteiger partial charge in [0.1, 0.15) is 36.8 Å². The summed E-state index contributed by atoms with van der Waals surface area (Å²) < 4.78 is 52.1. The number of fused-ring (bicyclic) bond motifs is 4. The highest BCUT2D eigenvalue weighted by molar-refractivity contribution is 7.47. The fraction of sp³-hybridized carbons (Fsp3) is 0.889. The number of cyclic esters (lactones) is 1. The Morgan fingerprint density at radius 1 is 0.803 bits per heavy atom. The van der Waals surface area contributed by atoms with Crippen LogP contribution in [0.15, 0.2) is 12.2 Å². The van der Waals surface area contributed by atoms with Crippen LogP contribution in [0.3, 0.4) is 0 Å². The Labute approximate surface area is 390 Å². The molecule has 66 heavy (non-hydrogen) atoms. The van der Waals surface area contributed by atoms with Crippen molar-refractivity contribution in [1.29, 1.82) is 0 Å². The number of aliphatic hydroxyl groups is 6. The van der Waals surface area contributed by atoms with Gasteiger partial charge in [0, 0.05) is 31.1 Å². The van der Waals surface area contributed by atoms with Crippen molar-refractivity contribution in [3.05, 3.63) is 12.2 Å². The van der Waals surface area contributed by atoms with E-state index in [1.165, 1.54) is 57.4 Å². The molecule has 1 saturated carbocycles. The first kappa shape index (κ1) is 60.5. The molecule has 0 aromatic heterocycles. The number of aliphatic hydroxyl groups excluding tert-OH is 6. The van der Waals surface area contributed by atoms with E-state index in [1.54, 1.807) is 0 Å². The number of Topliss-reactive ketones (excluding diaryl/α,β-unsaturated/α-hetero) is 1. The number of hydrogen-bond acceptors (Lipinski definition) is 16. The van der Waals surface area contributed by atoms with Gasteiger partial charge in [-0.05, 0) is 25.7 Å². The molecule has 0 aromatic rings. The Balaban J connectivity index is 2.34. The predicted molar refractivity (Wildman–Crippen MR) is 242 cm³/mol. The quantitative estimate of drug-likeness (QED) is 0.0240. The fourth-order valence-electron chi connectivity index (χ4n) is 8.34. The molecule has 0 aromatic carbocycles. The lowest BCUT2D eigenvalue weighted by Crippen LogP contribution is -2.56. The molecule has 0 spiro atoms. The minimum absolute atomic E-state index is 0.0626. The maximum Gasteiger partial charge on any atom is 0.472 e. The highest BCUT2D eigenvalue weighted by Crippen LogP contribution is 2.49. The summed E-state index contributed by atoms with van der Waals surface area (Å²) in [6, 6.07) is 0. The second-order valence-corrected chi connectivity index (χ2v) is 20.6. The Morgan fingerprint density at radius 3 is 1.98 bits per heavy atom. The van der Waals surface area contributed by atoms with Crippen molar-refractivity contribution in [1.82, 2.24) is 0 Å². The Kier molecular flexibility index (Phi) is 30.2. The van der Waals surface area contributed by atoms with Crippen LogP contribution in [0.25, 0.3) is 0 Å². The van der Waals surface area contributed by atoms with Crippen LogP contribution in [-0.2, 0) is 46.6 Å². The number of esters is 2. The van der Waals surface area contributed by atoms with E-state index in [4.69, 9.17) is 23.0 Å². The molecule has 2 aliphatic rings. The summed E-state index contributed by atoms with van der Waals surface area (Å²) >= 11 is 0. The number of hydrogen-bond donors (Lipinski definition) is 9. The number of ketones is 1. The summed E-state index contributed by atoms with van der Waals surface area (Å²) in [6.45, 7) is 2.58. The molecule has 1 heterocycles. The number of phosphoric ester groups is 2. The molecule has 0 radical (unpaired) electrons. The molecular weight excluding hydrogens is 906 g/mol. The largest absolute Gasteiger partial charge is 0.472 e. The maximum atomic E-state index is 13.7. The second-order valence-electron chi connectivity index (χ2n) is 18.0. The van der Waals surface area contributed by atoms with Crippen molar-refractivity contribution in [2.75, 3.05) is 13.2 Å². The molecule has 0 amide bonds. The van der Waals surface area contributed by atoms with E-state index in [0.717, 1.165) is 44.6 Å². The van der Waals surface area contributed by atoms with Crippen molar-refractivity contribution in [2.24, 2.45) is 11.8 Å². The SMILES string of the molecule is CCCCCCCCCCCCCCCC(=O)OC[C@@H]1COP(=O)(O)O[C@H]2[C@H](O)[C@@H](O)[C@H](O)[C@@H](CCCCCCC(=O)O1)C(=O)C[C@@H](O)[C@H](C=C[C@@H](O)CCCCC)[C@@H](O)[C@H]2OP(=O)(O)O. The standard InChI is InChI=1S/C45H82O19P2/c1-3-5-7-8-9-10-11-12-13-14-15-16-21-25-38(49)60-30-33-31-61-66(58,59)64-45-43(54)42(53)40(51)34(24-20-17-18-22-26-39(50)62-33)36(47)29-37(48)35(28-27-32(46)23-19-6-4-2)41(52)44(45)63-65(55,56)57/h27-28,32-35,37,40-46,48,51-54H,3-26,29-31H2,1-2H3,(H,58,59)(H2,55,56,57)/t32-,33+,34-,35-,37+,40+,41+,42-,43+,44+,45-/m0/s1. The van der Waals surface area contributed by atoms with Crippen LogP contribution in [0.2, 0.25) is 0 Å². The van der Waals surface area contributed by atoms with Gasteiger partial charge in [-0.15, -0.1) is 0 Å². The van der Waals surface area contributed by atoms with Gasteiger partial charge in [0.2, 0.25) is 0 Å². The number of rotatable bonds is 24. The highest BCUT2D eigenvalue weighted by Gasteiger charge is 2.51. The third kappa shape index (κ3) is 24.7. The molecule has 2 bridgehead atoms. The molecule has 19 nitrogen and oxygen atoms in total. The third-order valence-corrected chi connectivity index (χ3v) is 13.7. The van der Waals surface area contributed by atoms with Gasteiger partial charge in [0.25, 0.3) is 0 Å².